The van der Waals surface area contributed by atoms with Crippen molar-refractivity contribution >= 4 is 35.3 Å². The fourth-order valence-corrected chi connectivity index (χ4v) is 3.50. The number of carbonyl (C=O) groups excluding carboxylic acids is 3. The molecule has 0 heterocycles. The first kappa shape index (κ1) is 45.5. The Kier molecular flexibility index (Phi) is 17.2. The van der Waals surface area contributed by atoms with E-state index < -0.39 is 121 Å². The molecule has 0 fully saturated rings. The van der Waals surface area contributed by atoms with Crippen molar-refractivity contribution in [2.75, 3.05) is 39.5 Å². The maximum absolute atomic E-state index is 10.7. The predicted octanol–water partition coefficient (Wildman–Crippen LogP) is -5.75. The summed E-state index contributed by atoms with van der Waals surface area (Å²) in [5.41, 5.74) is 12.4. The Morgan fingerprint density at radius 1 is 0.385 bits per heavy atom. The first-order valence-electron chi connectivity index (χ1n) is 13.4. The van der Waals surface area contributed by atoms with Gasteiger partial charge in [-0.2, -0.15) is 0 Å². The van der Waals surface area contributed by atoms with Crippen LogP contribution in [-0.2, 0) is 0 Å². The van der Waals surface area contributed by atoms with Gasteiger partial charge in [-0.1, -0.05) is 0 Å². The van der Waals surface area contributed by atoms with Gasteiger partial charge >= 0.3 is 17.4 Å². The Morgan fingerprint density at radius 3 is 0.712 bits per heavy atom. The molecule has 0 amide bonds. The normalized spacial score (nSPS) is 9.98. The number of hydrogen-bond donors (Lipinski definition) is 15. The van der Waals surface area contributed by atoms with Gasteiger partial charge in [-0.15, -0.1) is 0 Å². The summed E-state index contributed by atoms with van der Waals surface area (Å²) in [6, 6.07) is 0. The molecule has 3 aromatic carbocycles. The van der Waals surface area contributed by atoms with Crippen molar-refractivity contribution in [3.05, 3.63) is 16.7 Å². The molecular weight excluding hydrogens is 729 g/mol. The standard InChI is InChI=1S/3C9H11NO7.Al/c3*10-1-2-17-8-3(9(15)16)4(11)5(12)6(13)7(8)14;/h3*11-14H,1-2,10H2,(H,15,16);/q;;;+3/p-3. The van der Waals surface area contributed by atoms with E-state index in [2.05, 4.69) is 0 Å². The summed E-state index contributed by atoms with van der Waals surface area (Å²) < 4.78 is 14.3. The third-order valence-electron chi connectivity index (χ3n) is 5.76. The fourth-order valence-electron chi connectivity index (χ4n) is 3.50. The maximum atomic E-state index is 10.7. The molecule has 282 valence electrons. The van der Waals surface area contributed by atoms with Crippen molar-refractivity contribution in [3.8, 4) is 86.2 Å². The van der Waals surface area contributed by atoms with Gasteiger partial charge in [-0.3, -0.25) is 0 Å². The van der Waals surface area contributed by atoms with Gasteiger partial charge in [0.1, 0.15) is 19.8 Å². The zero-order valence-corrected chi connectivity index (χ0v) is 27.2. The van der Waals surface area contributed by atoms with E-state index >= 15 is 0 Å². The molecule has 0 atom stereocenters. The van der Waals surface area contributed by atoms with Crippen molar-refractivity contribution in [2.45, 2.75) is 0 Å². The molecule has 3 rings (SSSR count). The number of phenolic OH excluding ortho intramolecular Hbond substituents is 9. The quantitative estimate of drug-likeness (QED) is 0.0464. The van der Waals surface area contributed by atoms with E-state index in [1.807, 2.05) is 0 Å². The van der Waals surface area contributed by atoms with Gasteiger partial charge in [0.05, 0.1) is 34.6 Å². The van der Waals surface area contributed by atoms with Crippen molar-refractivity contribution in [2.24, 2.45) is 17.2 Å². The smallest absolute Gasteiger partial charge is 0.545 e. The van der Waals surface area contributed by atoms with E-state index in [0.717, 1.165) is 0 Å². The number of benzene rings is 3. The molecule has 18 N–H and O–H groups in total. The topological polar surface area (TPSA) is 469 Å². The molecule has 0 bridgehead atoms. The van der Waals surface area contributed by atoms with Gasteiger partial charge in [-0.25, -0.2) is 0 Å². The van der Waals surface area contributed by atoms with Crippen LogP contribution in [0.2, 0.25) is 0 Å². The number of phenols is 12. The van der Waals surface area contributed by atoms with Gasteiger partial charge in [0.25, 0.3) is 0 Å². The number of nitrogens with two attached hydrogens (primary N) is 3. The zero-order chi connectivity index (χ0) is 39.5. The Morgan fingerprint density at radius 2 is 0.558 bits per heavy atom. The van der Waals surface area contributed by atoms with Crippen LogP contribution in [0.25, 0.3) is 0 Å². The van der Waals surface area contributed by atoms with E-state index in [0.29, 0.717) is 0 Å². The number of aromatic carboxylic acids is 3. The van der Waals surface area contributed by atoms with Gasteiger partial charge in [0.15, 0.2) is 34.5 Å². The van der Waals surface area contributed by atoms with Gasteiger partial charge < -0.3 is 122 Å². The van der Waals surface area contributed by atoms with Crippen LogP contribution in [-0.4, -0.2) is 136 Å². The number of carbonyl (C=O) groups is 3. The first-order valence-corrected chi connectivity index (χ1v) is 13.4. The van der Waals surface area contributed by atoms with Crippen LogP contribution in [0.4, 0.5) is 0 Å². The van der Waals surface area contributed by atoms with Crippen LogP contribution >= 0.6 is 0 Å². The second-order valence-electron chi connectivity index (χ2n) is 9.07. The fraction of sp³-hybridized carbons (Fsp3) is 0.222. The molecule has 52 heavy (non-hydrogen) atoms. The first-order chi connectivity index (χ1) is 23.7. The number of rotatable bonds is 12. The second kappa shape index (κ2) is 19.6. The number of hydrogen-bond acceptors (Lipinski definition) is 24. The summed E-state index contributed by atoms with van der Waals surface area (Å²) in [5, 5.41) is 143. The van der Waals surface area contributed by atoms with Crippen LogP contribution in [0.3, 0.4) is 0 Å². The summed E-state index contributed by atoms with van der Waals surface area (Å²) >= 11 is 0. The van der Waals surface area contributed by atoms with Crippen molar-refractivity contribution in [1.82, 2.24) is 0 Å². The summed E-state index contributed by atoms with van der Waals surface area (Å²) in [5.74, 6) is -21.2. The second-order valence-corrected chi connectivity index (χ2v) is 9.07. The van der Waals surface area contributed by atoms with Gasteiger partial charge in [0.2, 0.25) is 51.7 Å². The molecule has 0 radical (unpaired) electrons. The van der Waals surface area contributed by atoms with Crippen LogP contribution in [0, 0.1) is 0 Å². The average molecular weight is 760 g/mol. The predicted molar refractivity (Wildman–Crippen MR) is 162 cm³/mol. The zero-order valence-electron chi connectivity index (χ0n) is 26.1. The van der Waals surface area contributed by atoms with Crippen molar-refractivity contribution in [1.29, 1.82) is 0 Å². The molecule has 24 nitrogen and oxygen atoms in total. The van der Waals surface area contributed by atoms with E-state index in [-0.39, 0.29) is 56.8 Å². The molecular formula is C27H30AlN3O21. The molecule has 0 spiro atoms. The molecule has 0 aliphatic carbocycles. The number of aromatic hydroxyl groups is 12. The van der Waals surface area contributed by atoms with Crippen LogP contribution in [0.5, 0.6) is 86.2 Å². The molecule has 0 aliphatic rings. The van der Waals surface area contributed by atoms with Crippen molar-refractivity contribution < 1.29 is 105 Å². The minimum absolute atomic E-state index is 0. The average Bonchev–Trinajstić information content (AvgIpc) is 3.08. The maximum Gasteiger partial charge on any atom is 3.00 e. The third-order valence-corrected chi connectivity index (χ3v) is 5.76. The van der Waals surface area contributed by atoms with Crippen LogP contribution in [0.15, 0.2) is 0 Å². The number of carboxylic acids is 3. The largest absolute Gasteiger partial charge is 3.00 e. The Hall–Kier alpha value is -6.52. The minimum atomic E-state index is -1.89. The van der Waals surface area contributed by atoms with Crippen LogP contribution < -0.4 is 46.7 Å². The molecule has 0 saturated carbocycles. The number of carboxylic acid groups (broad SMARTS) is 3. The van der Waals surface area contributed by atoms with E-state index in [9.17, 15) is 75.7 Å². The van der Waals surface area contributed by atoms with E-state index in [1.165, 1.54) is 0 Å². The summed E-state index contributed by atoms with van der Waals surface area (Å²) in [7, 11) is 0. The summed E-state index contributed by atoms with van der Waals surface area (Å²) in [6.45, 7) is -0.483. The van der Waals surface area contributed by atoms with Gasteiger partial charge in [-0.05, 0) is 0 Å². The molecule has 0 saturated heterocycles. The van der Waals surface area contributed by atoms with E-state index in [4.69, 9.17) is 46.7 Å². The Bertz CT molecular complexity index is 1580. The molecule has 0 unspecified atom stereocenters. The molecule has 0 aromatic heterocycles. The Balaban J connectivity index is 0.000000743. The SMILES string of the molecule is NCCOc1c(O)c(O)c(O)c(O)c1C(=O)[O-].NCCOc1c(O)c(O)c(O)c(O)c1C(=O)[O-].NCCOc1c(O)c(O)c(O)c(O)c1C(=O)[O-].[Al+3]. The van der Waals surface area contributed by atoms with E-state index in [1.54, 1.807) is 0 Å². The molecule has 25 heteroatoms. The summed E-state index contributed by atoms with van der Waals surface area (Å²) in [6.07, 6.45) is 0. The molecule has 3 aromatic rings. The van der Waals surface area contributed by atoms with Crippen LogP contribution in [0.1, 0.15) is 31.1 Å². The summed E-state index contributed by atoms with van der Waals surface area (Å²) in [4.78, 5) is 32.2. The Labute approximate surface area is 299 Å². The monoisotopic (exact) mass is 759 g/mol. The van der Waals surface area contributed by atoms with Crippen molar-refractivity contribution in [3.63, 3.8) is 0 Å². The third kappa shape index (κ3) is 9.80. The number of ether oxygens (including phenoxy) is 3. The minimum Gasteiger partial charge on any atom is -0.545 e. The molecule has 0 aliphatic heterocycles. The van der Waals surface area contributed by atoms with Gasteiger partial charge in [0, 0.05) is 19.6 Å².